The van der Waals surface area contributed by atoms with Gasteiger partial charge in [0.1, 0.15) is 0 Å². The van der Waals surface area contributed by atoms with Crippen molar-refractivity contribution in [2.24, 2.45) is 0 Å². The first-order valence-electron chi connectivity index (χ1n) is 4.40. The molecule has 0 spiro atoms. The Morgan fingerprint density at radius 2 is 2.08 bits per heavy atom. The first-order chi connectivity index (χ1) is 5.81. The molecular weight excluding hydrogens is 186 g/mol. The molecule has 0 heterocycles. The molecule has 0 unspecified atom stereocenters. The SMILES string of the molecule is C[C@@H](O)CNC(=O)CSC(C)(C)C. The van der Waals surface area contributed by atoms with Gasteiger partial charge in [-0.25, -0.2) is 0 Å². The molecule has 0 fully saturated rings. The van der Waals surface area contributed by atoms with Gasteiger partial charge in [-0.2, -0.15) is 0 Å². The van der Waals surface area contributed by atoms with Gasteiger partial charge in [-0.1, -0.05) is 20.8 Å². The van der Waals surface area contributed by atoms with Gasteiger partial charge >= 0.3 is 0 Å². The maximum atomic E-state index is 11.2. The minimum Gasteiger partial charge on any atom is -0.392 e. The Morgan fingerprint density at radius 1 is 1.54 bits per heavy atom. The topological polar surface area (TPSA) is 49.3 Å². The van der Waals surface area contributed by atoms with E-state index in [0.717, 1.165) is 0 Å². The molecule has 0 rings (SSSR count). The van der Waals surface area contributed by atoms with Crippen LogP contribution in [0.5, 0.6) is 0 Å². The van der Waals surface area contributed by atoms with Crippen molar-refractivity contribution in [3.63, 3.8) is 0 Å². The van der Waals surface area contributed by atoms with Crippen LogP contribution in [0.25, 0.3) is 0 Å². The maximum Gasteiger partial charge on any atom is 0.230 e. The summed E-state index contributed by atoms with van der Waals surface area (Å²) in [7, 11) is 0. The lowest BCUT2D eigenvalue weighted by Crippen LogP contribution is -2.32. The predicted octanol–water partition coefficient (Wildman–Crippen LogP) is 1.02. The summed E-state index contributed by atoms with van der Waals surface area (Å²) in [4.78, 5) is 11.2. The average Bonchev–Trinajstić information content (AvgIpc) is 1.95. The number of aliphatic hydroxyl groups excluding tert-OH is 1. The van der Waals surface area contributed by atoms with E-state index < -0.39 is 6.10 Å². The zero-order chi connectivity index (χ0) is 10.5. The molecule has 3 nitrogen and oxygen atoms in total. The molecule has 1 atom stereocenters. The van der Waals surface area contributed by atoms with Crippen molar-refractivity contribution in [3.8, 4) is 0 Å². The molecule has 0 aromatic rings. The summed E-state index contributed by atoms with van der Waals surface area (Å²) in [5.74, 6) is 0.441. The van der Waals surface area contributed by atoms with Crippen molar-refractivity contribution in [1.82, 2.24) is 5.32 Å². The number of thioether (sulfide) groups is 1. The van der Waals surface area contributed by atoms with Crippen molar-refractivity contribution in [2.75, 3.05) is 12.3 Å². The predicted molar refractivity (Wildman–Crippen MR) is 56.9 cm³/mol. The van der Waals surface area contributed by atoms with Crippen LogP contribution >= 0.6 is 11.8 Å². The van der Waals surface area contributed by atoms with Crippen LogP contribution in [0.15, 0.2) is 0 Å². The number of amides is 1. The van der Waals surface area contributed by atoms with Crippen molar-refractivity contribution >= 4 is 17.7 Å². The Bertz CT molecular complexity index is 163. The molecule has 13 heavy (non-hydrogen) atoms. The molecule has 2 N–H and O–H groups in total. The van der Waals surface area contributed by atoms with Crippen LogP contribution in [0.1, 0.15) is 27.7 Å². The van der Waals surface area contributed by atoms with Crippen molar-refractivity contribution in [3.05, 3.63) is 0 Å². The molecule has 0 aliphatic carbocycles. The van der Waals surface area contributed by atoms with Crippen LogP contribution in [0.4, 0.5) is 0 Å². The fraction of sp³-hybridized carbons (Fsp3) is 0.889. The lowest BCUT2D eigenvalue weighted by molar-refractivity contribution is -0.118. The minimum absolute atomic E-state index is 0.0131. The molecule has 0 aromatic heterocycles. The van der Waals surface area contributed by atoms with E-state index >= 15 is 0 Å². The quantitative estimate of drug-likeness (QED) is 0.720. The number of aliphatic hydroxyl groups is 1. The van der Waals surface area contributed by atoms with Gasteiger partial charge in [0.2, 0.25) is 5.91 Å². The first kappa shape index (κ1) is 12.8. The number of hydrogen-bond donors (Lipinski definition) is 2. The van der Waals surface area contributed by atoms with Gasteiger partial charge in [0.05, 0.1) is 11.9 Å². The van der Waals surface area contributed by atoms with E-state index in [4.69, 9.17) is 5.11 Å². The zero-order valence-corrected chi connectivity index (χ0v) is 9.57. The highest BCUT2D eigenvalue weighted by Gasteiger charge is 2.13. The van der Waals surface area contributed by atoms with E-state index in [0.29, 0.717) is 12.3 Å². The maximum absolute atomic E-state index is 11.2. The van der Waals surface area contributed by atoms with Crippen LogP contribution in [0, 0.1) is 0 Å². The zero-order valence-electron chi connectivity index (χ0n) is 8.76. The summed E-state index contributed by atoms with van der Waals surface area (Å²) in [6, 6.07) is 0. The second-order valence-corrected chi connectivity index (χ2v) is 5.86. The van der Waals surface area contributed by atoms with Gasteiger partial charge in [0.15, 0.2) is 0 Å². The highest BCUT2D eigenvalue weighted by atomic mass is 32.2. The van der Waals surface area contributed by atoms with Crippen LogP contribution < -0.4 is 5.32 Å². The highest BCUT2D eigenvalue weighted by Crippen LogP contribution is 2.22. The third-order valence-electron chi connectivity index (χ3n) is 1.23. The second-order valence-electron chi connectivity index (χ2n) is 4.05. The molecule has 0 radical (unpaired) electrons. The molecule has 0 saturated carbocycles. The largest absolute Gasteiger partial charge is 0.392 e. The summed E-state index contributed by atoms with van der Waals surface area (Å²) in [5.41, 5.74) is 0. The van der Waals surface area contributed by atoms with Crippen LogP contribution in [0.2, 0.25) is 0 Å². The summed E-state index contributed by atoms with van der Waals surface area (Å²) < 4.78 is 0.113. The Kier molecular flexibility index (Phi) is 5.40. The normalized spacial score (nSPS) is 13.9. The highest BCUT2D eigenvalue weighted by molar-refractivity contribution is 8.01. The Balaban J connectivity index is 3.53. The average molecular weight is 205 g/mol. The molecular formula is C9H19NO2S. The monoisotopic (exact) mass is 205 g/mol. The van der Waals surface area contributed by atoms with E-state index in [9.17, 15) is 4.79 Å². The van der Waals surface area contributed by atoms with Gasteiger partial charge in [-0.3, -0.25) is 4.79 Å². The number of hydrogen-bond acceptors (Lipinski definition) is 3. The summed E-state index contributed by atoms with van der Waals surface area (Å²) in [5, 5.41) is 11.6. The molecule has 0 aromatic carbocycles. The molecule has 78 valence electrons. The van der Waals surface area contributed by atoms with Crippen molar-refractivity contribution in [1.29, 1.82) is 0 Å². The standard InChI is InChI=1S/C9H19NO2S/c1-7(11)5-10-8(12)6-13-9(2,3)4/h7,11H,5-6H2,1-4H3,(H,10,12)/t7-/m1/s1. The smallest absolute Gasteiger partial charge is 0.230 e. The third-order valence-corrected chi connectivity index (χ3v) is 2.50. The number of nitrogens with one attached hydrogen (secondary N) is 1. The summed E-state index contributed by atoms with van der Waals surface area (Å²) >= 11 is 1.60. The van der Waals surface area contributed by atoms with Crippen molar-refractivity contribution < 1.29 is 9.90 Å². The summed E-state index contributed by atoms with van der Waals surface area (Å²) in [6.45, 7) is 8.19. The molecule has 0 bridgehead atoms. The van der Waals surface area contributed by atoms with Crippen LogP contribution in [0.3, 0.4) is 0 Å². The molecule has 0 aliphatic heterocycles. The van der Waals surface area contributed by atoms with E-state index in [2.05, 4.69) is 26.1 Å². The van der Waals surface area contributed by atoms with Gasteiger partial charge in [-0.15, -0.1) is 11.8 Å². The van der Waals surface area contributed by atoms with E-state index in [1.807, 2.05) is 0 Å². The Morgan fingerprint density at radius 3 is 2.46 bits per heavy atom. The number of carbonyl (C=O) groups is 1. The fourth-order valence-electron chi connectivity index (χ4n) is 0.595. The third kappa shape index (κ3) is 9.70. The van der Waals surface area contributed by atoms with E-state index in [1.54, 1.807) is 18.7 Å². The van der Waals surface area contributed by atoms with Gasteiger partial charge in [0, 0.05) is 11.3 Å². The summed E-state index contributed by atoms with van der Waals surface area (Å²) in [6.07, 6.45) is -0.469. The minimum atomic E-state index is -0.469. The van der Waals surface area contributed by atoms with Crippen molar-refractivity contribution in [2.45, 2.75) is 38.5 Å². The molecule has 4 heteroatoms. The Labute approximate surface area is 84.3 Å². The molecule has 0 aliphatic rings. The second kappa shape index (κ2) is 5.50. The Hall–Kier alpha value is -0.220. The lowest BCUT2D eigenvalue weighted by atomic mass is 10.3. The molecule has 1 amide bonds. The van der Waals surface area contributed by atoms with Crippen LogP contribution in [-0.4, -0.2) is 34.2 Å². The van der Waals surface area contributed by atoms with Gasteiger partial charge in [-0.05, 0) is 6.92 Å². The van der Waals surface area contributed by atoms with E-state index in [1.165, 1.54) is 0 Å². The number of rotatable bonds is 4. The van der Waals surface area contributed by atoms with E-state index in [-0.39, 0.29) is 10.7 Å². The van der Waals surface area contributed by atoms with Crippen LogP contribution in [-0.2, 0) is 4.79 Å². The van der Waals surface area contributed by atoms with Gasteiger partial charge in [0.25, 0.3) is 0 Å². The first-order valence-corrected chi connectivity index (χ1v) is 5.38. The fourth-order valence-corrected chi connectivity index (χ4v) is 1.26. The number of carbonyl (C=O) groups excluding carboxylic acids is 1. The molecule has 0 saturated heterocycles. The van der Waals surface area contributed by atoms with Gasteiger partial charge < -0.3 is 10.4 Å². The lowest BCUT2D eigenvalue weighted by Gasteiger charge is -2.17.